The first-order valence-electron chi connectivity index (χ1n) is 7.50. The molecule has 1 fully saturated rings. The number of ether oxygens (including phenoxy) is 1. The van der Waals surface area contributed by atoms with Crippen LogP contribution in [0.1, 0.15) is 37.3 Å². The molecule has 5 heteroatoms. The predicted molar refractivity (Wildman–Crippen MR) is 76.2 cm³/mol. The van der Waals surface area contributed by atoms with Crippen LogP contribution in [-0.4, -0.2) is 25.3 Å². The van der Waals surface area contributed by atoms with E-state index in [-0.39, 0.29) is 12.1 Å². The first kappa shape index (κ1) is 16.3. The molecule has 1 saturated heterocycles. The van der Waals surface area contributed by atoms with Crippen molar-refractivity contribution in [1.82, 2.24) is 5.32 Å². The van der Waals surface area contributed by atoms with Crippen molar-refractivity contribution in [3.63, 3.8) is 0 Å². The second-order valence-corrected chi connectivity index (χ2v) is 5.53. The Balaban J connectivity index is 2.01. The molecule has 1 heterocycles. The maximum atomic E-state index is 12.7. The highest BCUT2D eigenvalue weighted by Gasteiger charge is 2.30. The fourth-order valence-electron chi connectivity index (χ4n) is 2.83. The van der Waals surface area contributed by atoms with Crippen molar-refractivity contribution < 1.29 is 17.9 Å². The largest absolute Gasteiger partial charge is 0.416 e. The van der Waals surface area contributed by atoms with Gasteiger partial charge in [0.2, 0.25) is 0 Å². The molecule has 2 atom stereocenters. The third-order valence-electron chi connectivity index (χ3n) is 3.80. The topological polar surface area (TPSA) is 21.3 Å². The van der Waals surface area contributed by atoms with E-state index < -0.39 is 11.7 Å². The summed E-state index contributed by atoms with van der Waals surface area (Å²) in [6, 6.07) is 5.76. The lowest BCUT2D eigenvalue weighted by Gasteiger charge is -2.21. The van der Waals surface area contributed by atoms with Gasteiger partial charge in [0.15, 0.2) is 0 Å². The van der Waals surface area contributed by atoms with Gasteiger partial charge >= 0.3 is 6.18 Å². The Bertz CT molecular complexity index is 441. The molecule has 118 valence electrons. The Morgan fingerprint density at radius 2 is 2.19 bits per heavy atom. The summed E-state index contributed by atoms with van der Waals surface area (Å²) in [7, 11) is 0. The van der Waals surface area contributed by atoms with Crippen molar-refractivity contribution in [3.05, 3.63) is 35.4 Å². The lowest BCUT2D eigenvalue weighted by Crippen LogP contribution is -2.34. The number of nitrogens with one attached hydrogen (secondary N) is 1. The quantitative estimate of drug-likeness (QED) is 0.863. The highest BCUT2D eigenvalue weighted by atomic mass is 19.4. The van der Waals surface area contributed by atoms with Crippen LogP contribution in [0.15, 0.2) is 24.3 Å². The molecule has 1 aliphatic heterocycles. The minimum atomic E-state index is -4.28. The molecule has 1 aromatic carbocycles. The van der Waals surface area contributed by atoms with Gasteiger partial charge in [-0.3, -0.25) is 0 Å². The molecule has 1 aliphatic rings. The highest BCUT2D eigenvalue weighted by molar-refractivity contribution is 5.26. The van der Waals surface area contributed by atoms with Gasteiger partial charge in [-0.05, 0) is 43.9 Å². The summed E-state index contributed by atoms with van der Waals surface area (Å²) in [5.41, 5.74) is 0.140. The third kappa shape index (κ3) is 5.00. The average molecular weight is 301 g/mol. The van der Waals surface area contributed by atoms with E-state index in [9.17, 15) is 13.2 Å². The number of rotatable bonds is 6. The molecule has 0 bridgehead atoms. The molecule has 1 aromatic rings. The van der Waals surface area contributed by atoms with E-state index in [1.54, 1.807) is 6.07 Å². The second-order valence-electron chi connectivity index (χ2n) is 5.53. The van der Waals surface area contributed by atoms with Gasteiger partial charge in [0, 0.05) is 12.6 Å². The van der Waals surface area contributed by atoms with Gasteiger partial charge in [0.25, 0.3) is 0 Å². The smallest absolute Gasteiger partial charge is 0.378 e. The summed E-state index contributed by atoms with van der Waals surface area (Å²) in [5, 5.41) is 3.35. The normalized spacial score (nSPS) is 20.7. The number of halogens is 3. The molecule has 21 heavy (non-hydrogen) atoms. The molecular weight excluding hydrogens is 279 g/mol. The molecule has 0 aromatic heterocycles. The van der Waals surface area contributed by atoms with E-state index in [0.29, 0.717) is 12.0 Å². The van der Waals surface area contributed by atoms with Gasteiger partial charge in [-0.25, -0.2) is 0 Å². The first-order valence-corrected chi connectivity index (χ1v) is 7.50. The Morgan fingerprint density at radius 3 is 2.81 bits per heavy atom. The summed E-state index contributed by atoms with van der Waals surface area (Å²) in [4.78, 5) is 0. The maximum absolute atomic E-state index is 12.7. The zero-order chi connectivity index (χ0) is 15.3. The van der Waals surface area contributed by atoms with Crippen molar-refractivity contribution in [2.24, 2.45) is 0 Å². The third-order valence-corrected chi connectivity index (χ3v) is 3.80. The summed E-state index contributed by atoms with van der Waals surface area (Å²) in [6.45, 7) is 3.61. The van der Waals surface area contributed by atoms with Crippen LogP contribution < -0.4 is 5.32 Å². The van der Waals surface area contributed by atoms with Crippen molar-refractivity contribution >= 4 is 0 Å². The average Bonchev–Trinajstić information content (AvgIpc) is 2.91. The van der Waals surface area contributed by atoms with Crippen LogP contribution in [0.2, 0.25) is 0 Å². The van der Waals surface area contributed by atoms with Crippen LogP contribution >= 0.6 is 0 Å². The van der Waals surface area contributed by atoms with Crippen LogP contribution in [0.25, 0.3) is 0 Å². The van der Waals surface area contributed by atoms with Crippen LogP contribution in [0, 0.1) is 0 Å². The molecular formula is C16H22F3NO. The molecule has 2 unspecified atom stereocenters. The molecule has 0 spiro atoms. The number of alkyl halides is 3. The standard InChI is InChI=1S/C16H22F3NO/c1-2-20-14(11-15-7-4-8-21-15)10-12-5-3-6-13(9-12)16(17,18)19/h3,5-6,9,14-15,20H,2,4,7-8,10-11H2,1H3. The van der Waals surface area contributed by atoms with Crippen molar-refractivity contribution in [1.29, 1.82) is 0 Å². The Hall–Kier alpha value is -1.07. The highest BCUT2D eigenvalue weighted by Crippen LogP contribution is 2.30. The van der Waals surface area contributed by atoms with Crippen LogP contribution in [-0.2, 0) is 17.3 Å². The minimum absolute atomic E-state index is 0.154. The lowest BCUT2D eigenvalue weighted by molar-refractivity contribution is -0.137. The molecule has 0 aliphatic carbocycles. The van der Waals surface area contributed by atoms with Gasteiger partial charge in [0.1, 0.15) is 0 Å². The van der Waals surface area contributed by atoms with Crippen molar-refractivity contribution in [2.75, 3.05) is 13.2 Å². The molecule has 0 radical (unpaired) electrons. The zero-order valence-corrected chi connectivity index (χ0v) is 12.2. The van der Waals surface area contributed by atoms with Gasteiger partial charge < -0.3 is 10.1 Å². The first-order chi connectivity index (χ1) is 9.99. The minimum Gasteiger partial charge on any atom is -0.378 e. The van der Waals surface area contributed by atoms with E-state index >= 15 is 0 Å². The lowest BCUT2D eigenvalue weighted by atomic mass is 9.98. The molecule has 2 nitrogen and oxygen atoms in total. The van der Waals surface area contributed by atoms with Crippen molar-refractivity contribution in [2.45, 2.75) is 50.9 Å². The van der Waals surface area contributed by atoms with Gasteiger partial charge in [-0.15, -0.1) is 0 Å². The summed E-state index contributed by atoms with van der Waals surface area (Å²) in [6.07, 6.45) is -0.475. The van der Waals surface area contributed by atoms with Crippen LogP contribution in [0.4, 0.5) is 13.2 Å². The van der Waals surface area contributed by atoms with E-state index in [1.807, 2.05) is 6.92 Å². The fourth-order valence-corrected chi connectivity index (χ4v) is 2.83. The summed E-state index contributed by atoms with van der Waals surface area (Å²) >= 11 is 0. The predicted octanol–water partition coefficient (Wildman–Crippen LogP) is 3.80. The zero-order valence-electron chi connectivity index (χ0n) is 12.2. The number of likely N-dealkylation sites (N-methyl/N-ethyl adjacent to an activating group) is 1. The summed E-state index contributed by atoms with van der Waals surface area (Å²) < 4.78 is 43.9. The van der Waals surface area contributed by atoms with Crippen molar-refractivity contribution in [3.8, 4) is 0 Å². The monoisotopic (exact) mass is 301 g/mol. The number of hydrogen-bond acceptors (Lipinski definition) is 2. The van der Waals surface area contributed by atoms with Gasteiger partial charge in [0.05, 0.1) is 11.7 Å². The SMILES string of the molecule is CCNC(Cc1cccc(C(F)(F)F)c1)CC1CCCO1. The fraction of sp³-hybridized carbons (Fsp3) is 0.625. The van der Waals surface area contributed by atoms with Gasteiger partial charge in [-0.2, -0.15) is 13.2 Å². The Labute approximate surface area is 123 Å². The Morgan fingerprint density at radius 1 is 1.38 bits per heavy atom. The molecule has 2 rings (SSSR count). The summed E-state index contributed by atoms with van der Waals surface area (Å²) in [5.74, 6) is 0. The van der Waals surface area contributed by atoms with E-state index in [0.717, 1.165) is 38.5 Å². The number of hydrogen-bond donors (Lipinski definition) is 1. The van der Waals surface area contributed by atoms with Gasteiger partial charge in [-0.1, -0.05) is 25.1 Å². The maximum Gasteiger partial charge on any atom is 0.416 e. The molecule has 0 amide bonds. The Kier molecular flexibility index (Phi) is 5.65. The molecule has 0 saturated carbocycles. The van der Waals surface area contributed by atoms with E-state index in [4.69, 9.17) is 4.74 Å². The second kappa shape index (κ2) is 7.27. The van der Waals surface area contributed by atoms with Crippen LogP contribution in [0.3, 0.4) is 0 Å². The van der Waals surface area contributed by atoms with Crippen LogP contribution in [0.5, 0.6) is 0 Å². The van der Waals surface area contributed by atoms with E-state index in [1.165, 1.54) is 12.1 Å². The number of benzene rings is 1. The van der Waals surface area contributed by atoms with E-state index in [2.05, 4.69) is 5.32 Å². The molecule has 1 N–H and O–H groups in total.